The van der Waals surface area contributed by atoms with Crippen molar-refractivity contribution < 1.29 is 9.47 Å². The van der Waals surface area contributed by atoms with Crippen LogP contribution < -0.4 is 10.1 Å². The van der Waals surface area contributed by atoms with E-state index in [9.17, 15) is 0 Å². The molecule has 0 aliphatic rings. The van der Waals surface area contributed by atoms with Gasteiger partial charge in [0.05, 0.1) is 6.61 Å². The van der Waals surface area contributed by atoms with E-state index < -0.39 is 0 Å². The van der Waals surface area contributed by atoms with Crippen LogP contribution in [0.4, 0.5) is 5.82 Å². The molecule has 0 amide bonds. The third kappa shape index (κ3) is 5.82. The number of ether oxygens (including phenoxy) is 2. The highest BCUT2D eigenvalue weighted by atomic mass is 16.5. The summed E-state index contributed by atoms with van der Waals surface area (Å²) >= 11 is 0. The van der Waals surface area contributed by atoms with Gasteiger partial charge in [0.1, 0.15) is 18.2 Å². The van der Waals surface area contributed by atoms with Gasteiger partial charge in [-0.2, -0.15) is 4.98 Å². The van der Waals surface area contributed by atoms with E-state index in [0.717, 1.165) is 31.8 Å². The number of aromatic nitrogens is 2. The smallest absolute Gasteiger partial charge is 0.218 e. The minimum atomic E-state index is 0.520. The van der Waals surface area contributed by atoms with E-state index in [1.807, 2.05) is 19.9 Å². The first kappa shape index (κ1) is 14.7. The molecule has 5 heteroatoms. The fourth-order valence-electron chi connectivity index (χ4n) is 1.44. The molecule has 1 aromatic heterocycles. The van der Waals surface area contributed by atoms with Gasteiger partial charge in [0.2, 0.25) is 5.88 Å². The quantitative estimate of drug-likeness (QED) is 0.685. The van der Waals surface area contributed by atoms with Gasteiger partial charge in [0.25, 0.3) is 0 Å². The molecule has 0 saturated heterocycles. The summed E-state index contributed by atoms with van der Waals surface area (Å²) in [4.78, 5) is 8.48. The molecule has 0 saturated carbocycles. The molecule has 0 aromatic carbocycles. The zero-order chi connectivity index (χ0) is 13.2. The predicted molar refractivity (Wildman–Crippen MR) is 72.2 cm³/mol. The summed E-state index contributed by atoms with van der Waals surface area (Å²) in [5.41, 5.74) is 0. The molecule has 102 valence electrons. The lowest BCUT2D eigenvalue weighted by Crippen LogP contribution is -2.09. The van der Waals surface area contributed by atoms with Crippen molar-refractivity contribution in [2.45, 2.75) is 33.6 Å². The number of aryl methyl sites for hydroxylation is 1. The standard InChI is InChI=1S/C13H23N3O2/c1-4-6-7-17-8-9-18-13-10-12(14-5-2)15-11(3)16-13/h10H,4-9H2,1-3H3,(H,14,15,16). The monoisotopic (exact) mass is 253 g/mol. The fraction of sp³-hybridized carbons (Fsp3) is 0.692. The molecule has 1 rings (SSSR count). The number of anilines is 1. The van der Waals surface area contributed by atoms with Crippen molar-refractivity contribution in [2.75, 3.05) is 31.7 Å². The van der Waals surface area contributed by atoms with E-state index in [2.05, 4.69) is 22.2 Å². The van der Waals surface area contributed by atoms with Crippen molar-refractivity contribution in [1.82, 2.24) is 9.97 Å². The molecule has 1 aromatic rings. The Labute approximate surface area is 109 Å². The summed E-state index contributed by atoms with van der Waals surface area (Å²) in [5.74, 6) is 2.10. The van der Waals surface area contributed by atoms with Gasteiger partial charge in [0, 0.05) is 19.2 Å². The van der Waals surface area contributed by atoms with E-state index in [4.69, 9.17) is 9.47 Å². The maximum absolute atomic E-state index is 5.54. The minimum Gasteiger partial charge on any atom is -0.475 e. The average Bonchev–Trinajstić information content (AvgIpc) is 2.33. The molecule has 0 radical (unpaired) electrons. The normalized spacial score (nSPS) is 10.4. The Morgan fingerprint density at radius 3 is 2.72 bits per heavy atom. The van der Waals surface area contributed by atoms with Crippen molar-refractivity contribution in [3.63, 3.8) is 0 Å². The molecule has 5 nitrogen and oxygen atoms in total. The van der Waals surface area contributed by atoms with Crippen molar-refractivity contribution in [3.8, 4) is 5.88 Å². The van der Waals surface area contributed by atoms with Crippen molar-refractivity contribution >= 4 is 5.82 Å². The summed E-state index contributed by atoms with van der Waals surface area (Å²) in [6.07, 6.45) is 2.25. The largest absolute Gasteiger partial charge is 0.475 e. The van der Waals surface area contributed by atoms with Gasteiger partial charge in [0.15, 0.2) is 0 Å². The Kier molecular flexibility index (Phi) is 7.10. The lowest BCUT2D eigenvalue weighted by Gasteiger charge is -2.09. The molecule has 0 bridgehead atoms. The van der Waals surface area contributed by atoms with Crippen molar-refractivity contribution in [1.29, 1.82) is 0 Å². The van der Waals surface area contributed by atoms with Crippen LogP contribution in [-0.2, 0) is 4.74 Å². The maximum Gasteiger partial charge on any atom is 0.218 e. The number of hydrogen-bond acceptors (Lipinski definition) is 5. The third-order valence-corrected chi connectivity index (χ3v) is 2.29. The van der Waals surface area contributed by atoms with E-state index in [1.54, 1.807) is 0 Å². The molecule has 0 unspecified atom stereocenters. The Hall–Kier alpha value is -1.36. The Balaban J connectivity index is 2.32. The van der Waals surface area contributed by atoms with Crippen LogP contribution in [0.2, 0.25) is 0 Å². The molecule has 1 heterocycles. The second-order valence-corrected chi connectivity index (χ2v) is 3.98. The summed E-state index contributed by atoms with van der Waals surface area (Å²) in [6.45, 7) is 8.77. The number of rotatable bonds is 9. The highest BCUT2D eigenvalue weighted by molar-refractivity contribution is 5.38. The van der Waals surface area contributed by atoms with Crippen LogP contribution >= 0.6 is 0 Å². The first-order valence-electron chi connectivity index (χ1n) is 6.56. The van der Waals surface area contributed by atoms with E-state index >= 15 is 0 Å². The number of nitrogens with zero attached hydrogens (tertiary/aromatic N) is 2. The molecule has 1 N–H and O–H groups in total. The van der Waals surface area contributed by atoms with Crippen LogP contribution in [0.25, 0.3) is 0 Å². The summed E-state index contributed by atoms with van der Waals surface area (Å²) in [6, 6.07) is 1.81. The van der Waals surface area contributed by atoms with Crippen LogP contribution in [-0.4, -0.2) is 36.3 Å². The van der Waals surface area contributed by atoms with E-state index in [1.165, 1.54) is 0 Å². The van der Waals surface area contributed by atoms with Gasteiger partial charge in [-0.15, -0.1) is 0 Å². The highest BCUT2D eigenvalue weighted by Crippen LogP contribution is 2.12. The Morgan fingerprint density at radius 1 is 1.17 bits per heavy atom. The number of hydrogen-bond donors (Lipinski definition) is 1. The topological polar surface area (TPSA) is 56.3 Å². The zero-order valence-corrected chi connectivity index (χ0v) is 11.5. The predicted octanol–water partition coefficient (Wildman–Crippen LogP) is 2.41. The van der Waals surface area contributed by atoms with Gasteiger partial charge < -0.3 is 14.8 Å². The first-order chi connectivity index (χ1) is 8.76. The third-order valence-electron chi connectivity index (χ3n) is 2.29. The van der Waals surface area contributed by atoms with Gasteiger partial charge in [-0.05, 0) is 20.3 Å². The molecular formula is C13H23N3O2. The summed E-state index contributed by atoms with van der Waals surface area (Å²) in [7, 11) is 0. The van der Waals surface area contributed by atoms with Gasteiger partial charge in [-0.3, -0.25) is 0 Å². The van der Waals surface area contributed by atoms with Crippen molar-refractivity contribution in [3.05, 3.63) is 11.9 Å². The molecule has 0 fully saturated rings. The lowest BCUT2D eigenvalue weighted by atomic mass is 10.4. The Bertz CT molecular complexity index is 345. The molecule has 0 aliphatic carbocycles. The SMILES string of the molecule is CCCCOCCOc1cc(NCC)nc(C)n1. The first-order valence-corrected chi connectivity index (χ1v) is 6.56. The maximum atomic E-state index is 5.54. The highest BCUT2D eigenvalue weighted by Gasteiger charge is 2.02. The zero-order valence-electron chi connectivity index (χ0n) is 11.5. The molecule has 18 heavy (non-hydrogen) atoms. The van der Waals surface area contributed by atoms with E-state index in [-0.39, 0.29) is 0 Å². The van der Waals surface area contributed by atoms with Crippen LogP contribution in [0.3, 0.4) is 0 Å². The fourth-order valence-corrected chi connectivity index (χ4v) is 1.44. The number of unbranched alkanes of at least 4 members (excludes halogenated alkanes) is 1. The summed E-state index contributed by atoms with van der Waals surface area (Å²) in [5, 5.41) is 3.14. The second kappa shape index (κ2) is 8.69. The van der Waals surface area contributed by atoms with Gasteiger partial charge in [-0.25, -0.2) is 4.98 Å². The lowest BCUT2D eigenvalue weighted by molar-refractivity contribution is 0.0964. The Morgan fingerprint density at radius 2 is 2.00 bits per heavy atom. The van der Waals surface area contributed by atoms with Gasteiger partial charge in [-0.1, -0.05) is 13.3 Å². The van der Waals surface area contributed by atoms with E-state index in [0.29, 0.717) is 24.9 Å². The van der Waals surface area contributed by atoms with Crippen LogP contribution in [0.1, 0.15) is 32.5 Å². The number of nitrogens with one attached hydrogen (secondary N) is 1. The molecule has 0 spiro atoms. The molecule has 0 atom stereocenters. The van der Waals surface area contributed by atoms with Crippen LogP contribution in [0, 0.1) is 6.92 Å². The van der Waals surface area contributed by atoms with Crippen LogP contribution in [0.5, 0.6) is 5.88 Å². The van der Waals surface area contributed by atoms with Crippen molar-refractivity contribution in [2.24, 2.45) is 0 Å². The summed E-state index contributed by atoms with van der Waals surface area (Å²) < 4.78 is 11.0. The average molecular weight is 253 g/mol. The molecule has 0 aliphatic heterocycles. The van der Waals surface area contributed by atoms with Gasteiger partial charge >= 0.3 is 0 Å². The minimum absolute atomic E-state index is 0.520. The second-order valence-electron chi connectivity index (χ2n) is 3.98. The van der Waals surface area contributed by atoms with Crippen LogP contribution in [0.15, 0.2) is 6.07 Å². The molecular weight excluding hydrogens is 230 g/mol.